The second kappa shape index (κ2) is 13.6. The molecular formula is C29H36N2O6. The van der Waals surface area contributed by atoms with Crippen LogP contribution in [0.5, 0.6) is 17.2 Å². The van der Waals surface area contributed by atoms with Crippen LogP contribution in [-0.4, -0.2) is 48.0 Å². The minimum absolute atomic E-state index is 0.0114. The molecule has 3 aromatic rings. The highest BCUT2D eigenvalue weighted by Gasteiger charge is 2.14. The molecule has 1 amide bonds. The summed E-state index contributed by atoms with van der Waals surface area (Å²) in [6.45, 7) is 2.40. The number of aromatic hydroxyl groups is 1. The lowest BCUT2D eigenvalue weighted by Gasteiger charge is -2.18. The van der Waals surface area contributed by atoms with E-state index in [1.807, 2.05) is 49.4 Å². The number of rotatable bonds is 13. The summed E-state index contributed by atoms with van der Waals surface area (Å²) in [5, 5.41) is 35.7. The Morgan fingerprint density at radius 3 is 2.24 bits per heavy atom. The standard InChI is InChI=1S/C29H36N2O6/c1-19(30-17-26(34)22-11-12-25(33)23(15-22)18-32)13-20-7-9-21(10-8-20)14-29(35)31-16-24-27(36-2)5-4-6-28(24)37-3/h4-12,15,19,26,30,32-34H,13-14,16-18H2,1-3H3,(H,31,35). The van der Waals surface area contributed by atoms with E-state index in [9.17, 15) is 20.1 Å². The van der Waals surface area contributed by atoms with Crippen molar-refractivity contribution in [1.29, 1.82) is 0 Å². The van der Waals surface area contributed by atoms with Crippen LogP contribution in [0.2, 0.25) is 0 Å². The zero-order valence-electron chi connectivity index (χ0n) is 21.5. The number of hydrogen-bond donors (Lipinski definition) is 5. The van der Waals surface area contributed by atoms with Crippen molar-refractivity contribution < 1.29 is 29.6 Å². The molecule has 0 saturated heterocycles. The summed E-state index contributed by atoms with van der Waals surface area (Å²) in [7, 11) is 3.17. The van der Waals surface area contributed by atoms with Crippen molar-refractivity contribution in [1.82, 2.24) is 10.6 Å². The maximum Gasteiger partial charge on any atom is 0.224 e. The number of benzene rings is 3. The quantitative estimate of drug-likeness (QED) is 0.241. The highest BCUT2D eigenvalue weighted by atomic mass is 16.5. The van der Waals surface area contributed by atoms with Gasteiger partial charge in [0.15, 0.2) is 0 Å². The molecule has 2 unspecified atom stereocenters. The summed E-state index contributed by atoms with van der Waals surface area (Å²) in [6, 6.07) is 18.3. The minimum Gasteiger partial charge on any atom is -0.508 e. The zero-order valence-corrected chi connectivity index (χ0v) is 21.5. The largest absolute Gasteiger partial charge is 0.508 e. The maximum absolute atomic E-state index is 12.5. The van der Waals surface area contributed by atoms with E-state index in [0.717, 1.165) is 23.1 Å². The molecule has 37 heavy (non-hydrogen) atoms. The van der Waals surface area contributed by atoms with Crippen LogP contribution in [0, 0.1) is 0 Å². The molecule has 0 radical (unpaired) electrons. The van der Waals surface area contributed by atoms with Crippen LogP contribution in [0.15, 0.2) is 60.7 Å². The lowest BCUT2D eigenvalue weighted by atomic mass is 10.0. The van der Waals surface area contributed by atoms with Gasteiger partial charge in [0.2, 0.25) is 5.91 Å². The predicted octanol–water partition coefficient (Wildman–Crippen LogP) is 3.01. The van der Waals surface area contributed by atoms with Crippen LogP contribution in [-0.2, 0) is 30.8 Å². The average molecular weight is 509 g/mol. The molecule has 3 rings (SSSR count). The van der Waals surface area contributed by atoms with Gasteiger partial charge < -0.3 is 35.4 Å². The first-order valence-electron chi connectivity index (χ1n) is 12.2. The first-order valence-corrected chi connectivity index (χ1v) is 12.2. The van der Waals surface area contributed by atoms with Crippen molar-refractivity contribution in [2.45, 2.75) is 45.1 Å². The molecule has 0 bridgehead atoms. The number of phenols is 1. The van der Waals surface area contributed by atoms with Crippen LogP contribution >= 0.6 is 0 Å². The first-order chi connectivity index (χ1) is 17.8. The molecule has 3 aromatic carbocycles. The van der Waals surface area contributed by atoms with Crippen LogP contribution in [0.25, 0.3) is 0 Å². The minimum atomic E-state index is -0.759. The fourth-order valence-corrected chi connectivity index (χ4v) is 4.13. The van der Waals surface area contributed by atoms with E-state index in [4.69, 9.17) is 9.47 Å². The molecule has 0 spiro atoms. The van der Waals surface area contributed by atoms with Crippen molar-refractivity contribution in [3.63, 3.8) is 0 Å². The summed E-state index contributed by atoms with van der Waals surface area (Å²) < 4.78 is 10.8. The topological polar surface area (TPSA) is 120 Å². The van der Waals surface area contributed by atoms with Crippen LogP contribution in [0.4, 0.5) is 0 Å². The third-order valence-electron chi connectivity index (χ3n) is 6.24. The highest BCUT2D eigenvalue weighted by Crippen LogP contribution is 2.28. The number of amides is 1. The summed E-state index contributed by atoms with van der Waals surface area (Å²) in [6.07, 6.45) is 0.259. The molecule has 0 aliphatic carbocycles. The number of hydrogen-bond acceptors (Lipinski definition) is 7. The Hall–Kier alpha value is -3.59. The smallest absolute Gasteiger partial charge is 0.224 e. The number of aliphatic hydroxyl groups excluding tert-OH is 2. The number of carbonyl (C=O) groups is 1. The van der Waals surface area contributed by atoms with Crippen molar-refractivity contribution in [2.75, 3.05) is 20.8 Å². The summed E-state index contributed by atoms with van der Waals surface area (Å²) in [4.78, 5) is 12.5. The van der Waals surface area contributed by atoms with Crippen molar-refractivity contribution in [3.05, 3.63) is 88.5 Å². The van der Waals surface area contributed by atoms with E-state index in [-0.39, 0.29) is 30.7 Å². The van der Waals surface area contributed by atoms with Gasteiger partial charge in [-0.25, -0.2) is 0 Å². The van der Waals surface area contributed by atoms with Crippen LogP contribution in [0.3, 0.4) is 0 Å². The van der Waals surface area contributed by atoms with Gasteiger partial charge in [0.05, 0.1) is 45.5 Å². The lowest BCUT2D eigenvalue weighted by molar-refractivity contribution is -0.120. The van der Waals surface area contributed by atoms with Crippen LogP contribution < -0.4 is 20.1 Å². The Labute approximate surface area is 217 Å². The first kappa shape index (κ1) is 28.0. The van der Waals surface area contributed by atoms with Crippen molar-refractivity contribution in [2.24, 2.45) is 0 Å². The molecular weight excluding hydrogens is 472 g/mol. The number of nitrogens with one attached hydrogen (secondary N) is 2. The zero-order chi connectivity index (χ0) is 26.8. The maximum atomic E-state index is 12.5. The monoisotopic (exact) mass is 508 g/mol. The highest BCUT2D eigenvalue weighted by molar-refractivity contribution is 5.78. The van der Waals surface area contributed by atoms with Gasteiger partial charge in [-0.3, -0.25) is 4.79 Å². The summed E-state index contributed by atoms with van der Waals surface area (Å²) in [5.74, 6) is 1.25. The SMILES string of the molecule is COc1cccc(OC)c1CNC(=O)Cc1ccc(CC(C)NCC(O)c2ccc(O)c(CO)c2)cc1. The third kappa shape index (κ3) is 7.95. The predicted molar refractivity (Wildman–Crippen MR) is 142 cm³/mol. The number of carbonyl (C=O) groups excluding carboxylic acids is 1. The molecule has 0 saturated carbocycles. The second-order valence-corrected chi connectivity index (χ2v) is 8.99. The van der Waals surface area contributed by atoms with E-state index in [2.05, 4.69) is 10.6 Å². The van der Waals surface area contributed by atoms with Gasteiger partial charge >= 0.3 is 0 Å². The molecule has 8 nitrogen and oxygen atoms in total. The summed E-state index contributed by atoms with van der Waals surface area (Å²) >= 11 is 0. The molecule has 198 valence electrons. The van der Waals surface area contributed by atoms with Crippen molar-refractivity contribution in [3.8, 4) is 17.2 Å². The molecule has 0 fully saturated rings. The third-order valence-corrected chi connectivity index (χ3v) is 6.24. The Morgan fingerprint density at radius 2 is 1.62 bits per heavy atom. The van der Waals surface area contributed by atoms with Gasteiger partial charge in [-0.2, -0.15) is 0 Å². The van der Waals surface area contributed by atoms with Gasteiger partial charge in [-0.15, -0.1) is 0 Å². The molecule has 0 heterocycles. The van der Waals surface area contributed by atoms with E-state index in [0.29, 0.717) is 35.7 Å². The molecule has 2 atom stereocenters. The number of methoxy groups -OCH3 is 2. The fourth-order valence-electron chi connectivity index (χ4n) is 4.13. The normalized spacial score (nSPS) is 12.6. The molecule has 0 aliphatic heterocycles. The Kier molecular flexibility index (Phi) is 10.3. The van der Waals surface area contributed by atoms with Gasteiger partial charge in [0, 0.05) is 18.2 Å². The molecule has 0 aromatic heterocycles. The van der Waals surface area contributed by atoms with E-state index in [1.165, 1.54) is 6.07 Å². The van der Waals surface area contributed by atoms with Gasteiger partial charge in [-0.1, -0.05) is 36.4 Å². The Balaban J connectivity index is 1.46. The Bertz CT molecular complexity index is 1140. The van der Waals surface area contributed by atoms with E-state index in [1.54, 1.807) is 26.4 Å². The van der Waals surface area contributed by atoms with Gasteiger partial charge in [0.25, 0.3) is 0 Å². The average Bonchev–Trinajstić information content (AvgIpc) is 2.91. The fraction of sp³-hybridized carbons (Fsp3) is 0.345. The van der Waals surface area contributed by atoms with Crippen LogP contribution in [0.1, 0.15) is 40.8 Å². The van der Waals surface area contributed by atoms with Gasteiger partial charge in [-0.05, 0) is 54.3 Å². The van der Waals surface area contributed by atoms with E-state index < -0.39 is 6.10 Å². The second-order valence-electron chi connectivity index (χ2n) is 8.99. The van der Waals surface area contributed by atoms with Crippen molar-refractivity contribution >= 4 is 5.91 Å². The molecule has 5 N–H and O–H groups in total. The number of ether oxygens (including phenoxy) is 2. The van der Waals surface area contributed by atoms with Gasteiger partial charge in [0.1, 0.15) is 17.2 Å². The lowest BCUT2D eigenvalue weighted by Crippen LogP contribution is -2.32. The number of aliphatic hydroxyl groups is 2. The van der Waals surface area contributed by atoms with E-state index >= 15 is 0 Å². The summed E-state index contributed by atoms with van der Waals surface area (Å²) in [5.41, 5.74) is 3.84. The Morgan fingerprint density at radius 1 is 0.973 bits per heavy atom. The molecule has 0 aliphatic rings. The molecule has 8 heteroatoms.